The van der Waals surface area contributed by atoms with Crippen molar-refractivity contribution in [2.75, 3.05) is 0 Å². The fourth-order valence-corrected chi connectivity index (χ4v) is 2.36. The lowest BCUT2D eigenvalue weighted by Gasteiger charge is -2.19. The van der Waals surface area contributed by atoms with E-state index in [2.05, 4.69) is 15.4 Å². The number of hydrogen-bond donors (Lipinski definition) is 1. The molecule has 0 spiro atoms. The van der Waals surface area contributed by atoms with Gasteiger partial charge in [-0.3, -0.25) is 9.48 Å². The van der Waals surface area contributed by atoms with Crippen molar-refractivity contribution in [2.24, 2.45) is 0 Å². The number of amides is 1. The highest BCUT2D eigenvalue weighted by molar-refractivity contribution is 5.94. The quantitative estimate of drug-likeness (QED) is 0.723. The van der Waals surface area contributed by atoms with Gasteiger partial charge >= 0.3 is 0 Å². The molecule has 0 saturated carbocycles. The van der Waals surface area contributed by atoms with Gasteiger partial charge in [0.05, 0.1) is 12.6 Å². The highest BCUT2D eigenvalue weighted by atomic mass is 19.2. The van der Waals surface area contributed by atoms with E-state index in [-0.39, 0.29) is 12.1 Å². The molecule has 0 bridgehead atoms. The van der Waals surface area contributed by atoms with Crippen LogP contribution in [0.25, 0.3) is 0 Å². The molecule has 2 aromatic carbocycles. The van der Waals surface area contributed by atoms with Gasteiger partial charge in [-0.05, 0) is 17.7 Å². The van der Waals surface area contributed by atoms with Crippen molar-refractivity contribution < 1.29 is 18.0 Å². The molecule has 8 heteroatoms. The van der Waals surface area contributed by atoms with Crippen LogP contribution in [0.3, 0.4) is 0 Å². The van der Waals surface area contributed by atoms with Gasteiger partial charge in [-0.15, -0.1) is 0 Å². The van der Waals surface area contributed by atoms with Crippen LogP contribution in [0.5, 0.6) is 0 Å². The van der Waals surface area contributed by atoms with Crippen molar-refractivity contribution in [1.29, 1.82) is 0 Å². The Kier molecular flexibility index (Phi) is 4.78. The first-order valence-corrected chi connectivity index (χ1v) is 7.37. The van der Waals surface area contributed by atoms with E-state index in [9.17, 15) is 18.0 Å². The molecule has 0 aliphatic rings. The van der Waals surface area contributed by atoms with E-state index in [0.717, 1.165) is 5.56 Å². The SMILES string of the molecule is O=C(N[C@@H](Cn1cncn1)c1ccccc1)c1cc(F)c(F)c(F)c1. The Bertz CT molecular complexity index is 846. The van der Waals surface area contributed by atoms with Crippen molar-refractivity contribution in [3.63, 3.8) is 0 Å². The Morgan fingerprint density at radius 1 is 1.12 bits per heavy atom. The molecule has 3 rings (SSSR count). The summed E-state index contributed by atoms with van der Waals surface area (Å²) < 4.78 is 41.3. The fraction of sp³-hybridized carbons (Fsp3) is 0.118. The van der Waals surface area contributed by atoms with Gasteiger partial charge in [-0.2, -0.15) is 5.10 Å². The second-order valence-electron chi connectivity index (χ2n) is 5.31. The summed E-state index contributed by atoms with van der Waals surface area (Å²) in [5, 5.41) is 6.66. The molecule has 0 unspecified atom stereocenters. The summed E-state index contributed by atoms with van der Waals surface area (Å²) in [5.74, 6) is -5.18. The molecule has 1 atom stereocenters. The molecule has 0 fully saturated rings. The zero-order chi connectivity index (χ0) is 17.8. The van der Waals surface area contributed by atoms with Gasteiger partial charge in [0.2, 0.25) is 0 Å². The van der Waals surface area contributed by atoms with Crippen LogP contribution >= 0.6 is 0 Å². The summed E-state index contributed by atoms with van der Waals surface area (Å²) in [6, 6.07) is 9.81. The number of carbonyl (C=O) groups excluding carboxylic acids is 1. The molecule has 0 aliphatic carbocycles. The van der Waals surface area contributed by atoms with Gasteiger partial charge < -0.3 is 5.32 Å². The molecule has 3 aromatic rings. The third-order valence-electron chi connectivity index (χ3n) is 3.59. The lowest BCUT2D eigenvalue weighted by Crippen LogP contribution is -2.31. The first-order chi connectivity index (χ1) is 12.0. The summed E-state index contributed by atoms with van der Waals surface area (Å²) in [7, 11) is 0. The number of aromatic nitrogens is 3. The van der Waals surface area contributed by atoms with E-state index in [0.29, 0.717) is 12.1 Å². The Balaban J connectivity index is 1.86. The first-order valence-electron chi connectivity index (χ1n) is 7.37. The molecule has 5 nitrogen and oxygen atoms in total. The van der Waals surface area contributed by atoms with Crippen LogP contribution in [0.2, 0.25) is 0 Å². The summed E-state index contributed by atoms with van der Waals surface area (Å²) in [6.07, 6.45) is 2.84. The number of halogens is 3. The molecule has 0 radical (unpaired) electrons. The number of carbonyl (C=O) groups is 1. The van der Waals surface area contributed by atoms with Gasteiger partial charge in [-0.25, -0.2) is 18.2 Å². The highest BCUT2D eigenvalue weighted by Crippen LogP contribution is 2.18. The van der Waals surface area contributed by atoms with Crippen molar-refractivity contribution in [3.8, 4) is 0 Å². The zero-order valence-electron chi connectivity index (χ0n) is 12.9. The molecule has 1 heterocycles. The summed E-state index contributed by atoms with van der Waals surface area (Å²) in [4.78, 5) is 16.2. The number of rotatable bonds is 5. The average molecular weight is 346 g/mol. The second-order valence-corrected chi connectivity index (χ2v) is 5.31. The summed E-state index contributed by atoms with van der Waals surface area (Å²) in [6.45, 7) is 0.266. The molecule has 1 aromatic heterocycles. The Morgan fingerprint density at radius 3 is 2.40 bits per heavy atom. The molecule has 0 aliphatic heterocycles. The van der Waals surface area contributed by atoms with Crippen molar-refractivity contribution >= 4 is 5.91 Å². The van der Waals surface area contributed by atoms with E-state index in [1.807, 2.05) is 6.07 Å². The highest BCUT2D eigenvalue weighted by Gasteiger charge is 2.19. The maximum Gasteiger partial charge on any atom is 0.252 e. The van der Waals surface area contributed by atoms with Crippen LogP contribution in [0.1, 0.15) is 22.0 Å². The lowest BCUT2D eigenvalue weighted by molar-refractivity contribution is 0.0930. The third kappa shape index (κ3) is 3.85. The normalized spacial score (nSPS) is 12.0. The minimum Gasteiger partial charge on any atom is -0.343 e. The van der Waals surface area contributed by atoms with Crippen LogP contribution in [0.4, 0.5) is 13.2 Å². The van der Waals surface area contributed by atoms with E-state index in [1.54, 1.807) is 24.3 Å². The molecule has 25 heavy (non-hydrogen) atoms. The van der Waals surface area contributed by atoms with Crippen molar-refractivity contribution in [1.82, 2.24) is 20.1 Å². The van der Waals surface area contributed by atoms with E-state index >= 15 is 0 Å². The lowest BCUT2D eigenvalue weighted by atomic mass is 10.1. The van der Waals surface area contributed by atoms with Gasteiger partial charge in [-0.1, -0.05) is 30.3 Å². The summed E-state index contributed by atoms with van der Waals surface area (Å²) >= 11 is 0. The van der Waals surface area contributed by atoms with Gasteiger partial charge in [0.25, 0.3) is 5.91 Å². The predicted molar refractivity (Wildman–Crippen MR) is 83.0 cm³/mol. The Morgan fingerprint density at radius 2 is 1.80 bits per heavy atom. The minimum absolute atomic E-state index is 0.266. The molecule has 1 N–H and O–H groups in total. The fourth-order valence-electron chi connectivity index (χ4n) is 2.36. The smallest absolute Gasteiger partial charge is 0.252 e. The molecule has 0 saturated heterocycles. The zero-order valence-corrected chi connectivity index (χ0v) is 12.9. The topological polar surface area (TPSA) is 59.8 Å². The van der Waals surface area contributed by atoms with Crippen LogP contribution in [0.15, 0.2) is 55.1 Å². The Hall–Kier alpha value is -3.16. The summed E-state index contributed by atoms with van der Waals surface area (Å²) in [5.41, 5.74) is 0.463. The maximum atomic E-state index is 13.3. The van der Waals surface area contributed by atoms with Crippen LogP contribution in [0, 0.1) is 17.5 Å². The van der Waals surface area contributed by atoms with E-state index in [1.165, 1.54) is 17.3 Å². The van der Waals surface area contributed by atoms with Crippen LogP contribution in [-0.4, -0.2) is 20.7 Å². The predicted octanol–water partition coefficient (Wildman–Crippen LogP) is 2.87. The third-order valence-corrected chi connectivity index (χ3v) is 3.59. The van der Waals surface area contributed by atoms with Gasteiger partial charge in [0.1, 0.15) is 12.7 Å². The number of nitrogens with one attached hydrogen (secondary N) is 1. The number of nitrogens with zero attached hydrogens (tertiary/aromatic N) is 3. The van der Waals surface area contributed by atoms with E-state index in [4.69, 9.17) is 0 Å². The van der Waals surface area contributed by atoms with Crippen molar-refractivity contribution in [2.45, 2.75) is 12.6 Å². The van der Waals surface area contributed by atoms with E-state index < -0.39 is 29.4 Å². The molecular weight excluding hydrogens is 333 g/mol. The molecule has 1 amide bonds. The monoisotopic (exact) mass is 346 g/mol. The minimum atomic E-state index is -1.61. The first kappa shape index (κ1) is 16.7. The van der Waals surface area contributed by atoms with Gasteiger partial charge in [0, 0.05) is 5.56 Å². The molecule has 128 valence electrons. The van der Waals surface area contributed by atoms with Crippen LogP contribution in [-0.2, 0) is 6.54 Å². The second kappa shape index (κ2) is 7.16. The van der Waals surface area contributed by atoms with Gasteiger partial charge in [0.15, 0.2) is 17.5 Å². The number of benzene rings is 2. The maximum absolute atomic E-state index is 13.3. The molecular formula is C17H13F3N4O. The average Bonchev–Trinajstić information content (AvgIpc) is 3.12. The van der Waals surface area contributed by atoms with Crippen molar-refractivity contribution in [3.05, 3.63) is 83.7 Å². The van der Waals surface area contributed by atoms with Crippen LogP contribution < -0.4 is 5.32 Å². The largest absolute Gasteiger partial charge is 0.343 e. The standard InChI is InChI=1S/C17H13F3N4O/c18-13-6-12(7-14(19)16(13)20)17(25)23-15(8-24-10-21-9-22-24)11-4-2-1-3-5-11/h1-7,9-10,15H,8H2,(H,23,25)/t15-/m0/s1. The number of hydrogen-bond acceptors (Lipinski definition) is 3. The Labute approximate surface area is 141 Å².